The van der Waals surface area contributed by atoms with Crippen molar-refractivity contribution >= 4 is 45.1 Å². The van der Waals surface area contributed by atoms with Crippen molar-refractivity contribution in [3.63, 3.8) is 0 Å². The molecule has 140 valence electrons. The Morgan fingerprint density at radius 3 is 2.85 bits per heavy atom. The van der Waals surface area contributed by atoms with E-state index in [1.165, 1.54) is 16.2 Å². The molecule has 6 nitrogen and oxygen atoms in total. The molecule has 0 saturated carbocycles. The Kier molecular flexibility index (Phi) is 5.03. The van der Waals surface area contributed by atoms with Crippen LogP contribution in [0.1, 0.15) is 27.3 Å². The van der Waals surface area contributed by atoms with Gasteiger partial charge in [-0.05, 0) is 49.9 Å². The zero-order valence-corrected chi connectivity index (χ0v) is 16.9. The highest BCUT2D eigenvalue weighted by molar-refractivity contribution is 7.97. The maximum absolute atomic E-state index is 13.0. The molecule has 0 aliphatic carbocycles. The predicted octanol–water partition coefficient (Wildman–Crippen LogP) is 3.40. The predicted molar refractivity (Wildman–Crippen MR) is 111 cm³/mol. The second-order valence-electron chi connectivity index (χ2n) is 6.71. The van der Waals surface area contributed by atoms with Gasteiger partial charge < -0.3 is 10.6 Å². The molecule has 27 heavy (non-hydrogen) atoms. The first-order chi connectivity index (χ1) is 13.0. The van der Waals surface area contributed by atoms with Crippen LogP contribution in [0.5, 0.6) is 0 Å². The molecule has 2 aromatic heterocycles. The SMILES string of the molecule is Cc1nnc2sc(C(=O)N3CCC(NSc4ccccc4)C3)c(N)c2c1C. The minimum atomic E-state index is -0.0124. The lowest BCUT2D eigenvalue weighted by atomic mass is 10.1. The highest BCUT2D eigenvalue weighted by Crippen LogP contribution is 2.36. The van der Waals surface area contributed by atoms with Crippen molar-refractivity contribution in [2.45, 2.75) is 31.2 Å². The molecule has 8 heteroatoms. The van der Waals surface area contributed by atoms with E-state index < -0.39 is 0 Å². The third kappa shape index (κ3) is 3.52. The molecular formula is C19H21N5OS2. The molecule has 3 heterocycles. The zero-order chi connectivity index (χ0) is 19.0. The van der Waals surface area contributed by atoms with Crippen molar-refractivity contribution in [3.05, 3.63) is 46.5 Å². The molecular weight excluding hydrogens is 378 g/mol. The van der Waals surface area contributed by atoms with Crippen molar-refractivity contribution < 1.29 is 4.79 Å². The average Bonchev–Trinajstić information content (AvgIpc) is 3.28. The molecule has 4 rings (SSSR count). The highest BCUT2D eigenvalue weighted by Gasteiger charge is 2.30. The number of hydrogen-bond acceptors (Lipinski definition) is 7. The zero-order valence-electron chi connectivity index (χ0n) is 15.2. The second kappa shape index (κ2) is 7.46. The number of nitrogens with one attached hydrogen (secondary N) is 1. The quantitative estimate of drug-likeness (QED) is 0.654. The molecule has 1 aromatic carbocycles. The van der Waals surface area contributed by atoms with Crippen LogP contribution >= 0.6 is 23.3 Å². The number of aromatic nitrogens is 2. The van der Waals surface area contributed by atoms with Crippen molar-refractivity contribution in [2.75, 3.05) is 18.8 Å². The summed E-state index contributed by atoms with van der Waals surface area (Å²) in [5.41, 5.74) is 8.69. The first kappa shape index (κ1) is 18.2. The fraction of sp³-hybridized carbons (Fsp3) is 0.316. The van der Waals surface area contributed by atoms with Gasteiger partial charge in [-0.3, -0.25) is 9.52 Å². The number of thiophene rings is 1. The van der Waals surface area contributed by atoms with Gasteiger partial charge in [0.15, 0.2) is 0 Å². The lowest BCUT2D eigenvalue weighted by Gasteiger charge is -2.16. The van der Waals surface area contributed by atoms with E-state index in [0.29, 0.717) is 17.1 Å². The first-order valence-corrected chi connectivity index (χ1v) is 10.5. The van der Waals surface area contributed by atoms with Crippen LogP contribution in [0.2, 0.25) is 0 Å². The Hall–Kier alpha value is -2.16. The van der Waals surface area contributed by atoms with Crippen molar-refractivity contribution in [3.8, 4) is 0 Å². The number of aryl methyl sites for hydroxylation is 2. The molecule has 1 amide bonds. The van der Waals surface area contributed by atoms with Gasteiger partial charge in [0.1, 0.15) is 9.71 Å². The summed E-state index contributed by atoms with van der Waals surface area (Å²) < 4.78 is 3.46. The number of nitrogens with two attached hydrogens (primary N) is 1. The summed E-state index contributed by atoms with van der Waals surface area (Å²) in [5.74, 6) is -0.0124. The summed E-state index contributed by atoms with van der Waals surface area (Å²) in [6.45, 7) is 5.28. The van der Waals surface area contributed by atoms with Gasteiger partial charge in [0.25, 0.3) is 5.91 Å². The maximum atomic E-state index is 13.0. The lowest BCUT2D eigenvalue weighted by molar-refractivity contribution is 0.0796. The van der Waals surface area contributed by atoms with Crippen molar-refractivity contribution in [1.82, 2.24) is 19.8 Å². The van der Waals surface area contributed by atoms with E-state index in [4.69, 9.17) is 5.73 Å². The fourth-order valence-corrected chi connectivity index (χ4v) is 5.08. The van der Waals surface area contributed by atoms with Crippen LogP contribution in [0, 0.1) is 13.8 Å². The number of benzene rings is 1. The first-order valence-electron chi connectivity index (χ1n) is 8.83. The van der Waals surface area contributed by atoms with Gasteiger partial charge in [-0.25, -0.2) is 0 Å². The van der Waals surface area contributed by atoms with Crippen LogP contribution in [0.4, 0.5) is 5.69 Å². The molecule has 1 aliphatic rings. The minimum absolute atomic E-state index is 0.0124. The van der Waals surface area contributed by atoms with Crippen LogP contribution in [-0.4, -0.2) is 40.1 Å². The number of anilines is 1. The standard InChI is InChI=1S/C19H21N5OS2/c1-11-12(2)21-22-18-15(11)16(20)17(26-18)19(25)24-9-8-13(10-24)23-27-14-6-4-3-5-7-14/h3-7,13,23H,8-10,20H2,1-2H3. The third-order valence-electron chi connectivity index (χ3n) is 4.89. The topological polar surface area (TPSA) is 84.1 Å². The number of carbonyl (C=O) groups is 1. The molecule has 1 atom stereocenters. The van der Waals surface area contributed by atoms with E-state index in [2.05, 4.69) is 27.1 Å². The summed E-state index contributed by atoms with van der Waals surface area (Å²) >= 11 is 2.95. The van der Waals surface area contributed by atoms with E-state index in [9.17, 15) is 4.79 Å². The van der Waals surface area contributed by atoms with Gasteiger partial charge in [0, 0.05) is 29.4 Å². The van der Waals surface area contributed by atoms with E-state index in [1.807, 2.05) is 36.9 Å². The van der Waals surface area contributed by atoms with Crippen LogP contribution in [-0.2, 0) is 0 Å². The van der Waals surface area contributed by atoms with Gasteiger partial charge in [0.2, 0.25) is 0 Å². The van der Waals surface area contributed by atoms with E-state index >= 15 is 0 Å². The van der Waals surface area contributed by atoms with Crippen molar-refractivity contribution in [1.29, 1.82) is 0 Å². The molecule has 1 aliphatic heterocycles. The summed E-state index contributed by atoms with van der Waals surface area (Å²) in [7, 11) is 0. The molecule has 0 spiro atoms. The Morgan fingerprint density at radius 2 is 2.07 bits per heavy atom. The number of amides is 1. The number of fused-ring (bicyclic) bond motifs is 1. The summed E-state index contributed by atoms with van der Waals surface area (Å²) in [4.78, 5) is 17.4. The Morgan fingerprint density at radius 1 is 1.30 bits per heavy atom. The molecule has 1 saturated heterocycles. The maximum Gasteiger partial charge on any atom is 0.266 e. The Balaban J connectivity index is 1.47. The van der Waals surface area contributed by atoms with Crippen molar-refractivity contribution in [2.24, 2.45) is 0 Å². The molecule has 1 unspecified atom stereocenters. The summed E-state index contributed by atoms with van der Waals surface area (Å²) in [6.07, 6.45) is 0.925. The average molecular weight is 400 g/mol. The number of nitrogen functional groups attached to an aromatic ring is 1. The van der Waals surface area contributed by atoms with E-state index in [1.54, 1.807) is 11.9 Å². The van der Waals surface area contributed by atoms with Crippen LogP contribution in [0.15, 0.2) is 35.2 Å². The normalized spacial score (nSPS) is 17.0. The van der Waals surface area contributed by atoms with E-state index in [-0.39, 0.29) is 11.9 Å². The Bertz CT molecular complexity index is 989. The minimum Gasteiger partial charge on any atom is -0.397 e. The second-order valence-corrected chi connectivity index (χ2v) is 8.62. The Labute approximate surface area is 166 Å². The largest absolute Gasteiger partial charge is 0.397 e. The lowest BCUT2D eigenvalue weighted by Crippen LogP contribution is -2.32. The van der Waals surface area contributed by atoms with Gasteiger partial charge in [0.05, 0.1) is 11.4 Å². The summed E-state index contributed by atoms with van der Waals surface area (Å²) in [5, 5.41) is 9.23. The van der Waals surface area contributed by atoms with E-state index in [0.717, 1.165) is 34.4 Å². The molecule has 0 radical (unpaired) electrons. The molecule has 0 bridgehead atoms. The third-order valence-corrected chi connectivity index (χ3v) is 6.93. The van der Waals surface area contributed by atoms with Crippen LogP contribution in [0.3, 0.4) is 0 Å². The number of nitrogens with zero attached hydrogens (tertiary/aromatic N) is 3. The van der Waals surface area contributed by atoms with Crippen LogP contribution < -0.4 is 10.5 Å². The highest BCUT2D eigenvalue weighted by atomic mass is 32.2. The smallest absolute Gasteiger partial charge is 0.266 e. The molecule has 3 aromatic rings. The number of rotatable bonds is 4. The van der Waals surface area contributed by atoms with Crippen LogP contribution in [0.25, 0.3) is 10.2 Å². The monoisotopic (exact) mass is 399 g/mol. The fourth-order valence-electron chi connectivity index (χ4n) is 3.22. The number of hydrogen-bond donors (Lipinski definition) is 2. The van der Waals surface area contributed by atoms with Gasteiger partial charge >= 0.3 is 0 Å². The molecule has 3 N–H and O–H groups in total. The number of likely N-dealkylation sites (tertiary alicyclic amines) is 1. The van der Waals surface area contributed by atoms with Gasteiger partial charge in [-0.15, -0.1) is 16.4 Å². The van der Waals surface area contributed by atoms with Gasteiger partial charge in [-0.2, -0.15) is 5.10 Å². The van der Waals surface area contributed by atoms with Gasteiger partial charge in [-0.1, -0.05) is 18.2 Å². The number of carbonyl (C=O) groups excluding carboxylic acids is 1. The molecule has 1 fully saturated rings. The summed E-state index contributed by atoms with van der Waals surface area (Å²) in [6, 6.07) is 10.4.